The number of fused-ring (bicyclic) bond motifs is 1. The summed E-state index contributed by atoms with van der Waals surface area (Å²) in [5.41, 5.74) is 3.20. The molecule has 1 N–H and O–H groups in total. The number of benzene rings is 2. The van der Waals surface area contributed by atoms with Crippen molar-refractivity contribution in [3.05, 3.63) is 54.7 Å². The van der Waals surface area contributed by atoms with Crippen LogP contribution in [0.5, 0.6) is 5.75 Å². The molecule has 0 unspecified atom stereocenters. The smallest absolute Gasteiger partial charge is 0.120 e. The lowest BCUT2D eigenvalue weighted by molar-refractivity contribution is 0.131. The second kappa shape index (κ2) is 5.41. The van der Waals surface area contributed by atoms with E-state index in [1.165, 1.54) is 10.9 Å². The monoisotopic (exact) mass is 294 g/mol. The maximum Gasteiger partial charge on any atom is 0.120 e. The molecule has 0 saturated heterocycles. The predicted molar refractivity (Wildman–Crippen MR) is 93.0 cm³/mol. The number of hydrogen-bond acceptors (Lipinski definition) is 2. The van der Waals surface area contributed by atoms with Crippen molar-refractivity contribution in [1.29, 1.82) is 0 Å². The third-order valence-corrected chi connectivity index (χ3v) is 3.45. The highest BCUT2D eigenvalue weighted by Gasteiger charge is 2.11. The second-order valence-corrected chi connectivity index (χ2v) is 6.56. The number of aryl methyl sites for hydroxylation is 1. The zero-order chi connectivity index (χ0) is 15.7. The summed E-state index contributed by atoms with van der Waals surface area (Å²) in [5, 5.41) is 4.67. The Balaban J connectivity index is 1.76. The van der Waals surface area contributed by atoms with Gasteiger partial charge >= 0.3 is 0 Å². The van der Waals surface area contributed by atoms with Gasteiger partial charge in [-0.2, -0.15) is 0 Å². The highest BCUT2D eigenvalue weighted by Crippen LogP contribution is 2.25. The minimum atomic E-state index is -0.173. The van der Waals surface area contributed by atoms with E-state index in [9.17, 15) is 0 Å². The van der Waals surface area contributed by atoms with Crippen molar-refractivity contribution in [1.82, 2.24) is 4.57 Å². The van der Waals surface area contributed by atoms with Crippen LogP contribution in [0.3, 0.4) is 0 Å². The molecule has 0 aliphatic carbocycles. The minimum absolute atomic E-state index is 0.173. The summed E-state index contributed by atoms with van der Waals surface area (Å²) in [6.45, 7) is 6.15. The first-order valence-electron chi connectivity index (χ1n) is 7.52. The van der Waals surface area contributed by atoms with Crippen LogP contribution in [0, 0.1) is 0 Å². The third kappa shape index (κ3) is 3.25. The van der Waals surface area contributed by atoms with Crippen LogP contribution >= 0.6 is 0 Å². The van der Waals surface area contributed by atoms with Crippen molar-refractivity contribution in [3.63, 3.8) is 0 Å². The Labute approximate surface area is 131 Å². The van der Waals surface area contributed by atoms with Gasteiger partial charge in [-0.3, -0.25) is 0 Å². The summed E-state index contributed by atoms with van der Waals surface area (Å²) in [4.78, 5) is 0. The highest BCUT2D eigenvalue weighted by molar-refractivity contribution is 5.84. The third-order valence-electron chi connectivity index (χ3n) is 3.45. The molecular formula is C19H22N2O. The molecule has 0 aliphatic rings. The summed E-state index contributed by atoms with van der Waals surface area (Å²) in [6.07, 6.45) is 2.08. The molecule has 1 heterocycles. The molecule has 3 aromatic rings. The van der Waals surface area contributed by atoms with Crippen molar-refractivity contribution >= 4 is 22.3 Å². The van der Waals surface area contributed by atoms with Gasteiger partial charge in [-0.1, -0.05) is 0 Å². The Kier molecular flexibility index (Phi) is 3.57. The Morgan fingerprint density at radius 2 is 1.59 bits per heavy atom. The molecule has 3 rings (SSSR count). The molecule has 0 radical (unpaired) electrons. The van der Waals surface area contributed by atoms with Gasteiger partial charge in [0.1, 0.15) is 11.4 Å². The van der Waals surface area contributed by atoms with E-state index in [0.29, 0.717) is 0 Å². The van der Waals surface area contributed by atoms with Crippen LogP contribution in [-0.4, -0.2) is 10.2 Å². The fourth-order valence-corrected chi connectivity index (χ4v) is 2.49. The maximum absolute atomic E-state index is 5.84. The topological polar surface area (TPSA) is 26.2 Å². The van der Waals surface area contributed by atoms with Crippen molar-refractivity contribution in [2.45, 2.75) is 26.4 Å². The van der Waals surface area contributed by atoms with Crippen molar-refractivity contribution in [2.24, 2.45) is 7.05 Å². The molecule has 1 aromatic heterocycles. The Morgan fingerprint density at radius 1 is 0.909 bits per heavy atom. The van der Waals surface area contributed by atoms with E-state index < -0.39 is 0 Å². The molecule has 2 aromatic carbocycles. The van der Waals surface area contributed by atoms with Gasteiger partial charge in [0.2, 0.25) is 0 Å². The van der Waals surface area contributed by atoms with Gasteiger partial charge in [0.15, 0.2) is 0 Å². The first-order chi connectivity index (χ1) is 10.4. The van der Waals surface area contributed by atoms with Crippen LogP contribution < -0.4 is 10.1 Å². The van der Waals surface area contributed by atoms with Gasteiger partial charge in [0.05, 0.1) is 0 Å². The lowest BCUT2D eigenvalue weighted by Gasteiger charge is -2.21. The second-order valence-electron chi connectivity index (χ2n) is 6.56. The maximum atomic E-state index is 5.84. The first kappa shape index (κ1) is 14.5. The molecule has 114 valence electrons. The zero-order valence-electron chi connectivity index (χ0n) is 13.6. The van der Waals surface area contributed by atoms with Gasteiger partial charge in [0, 0.05) is 35.5 Å². The molecule has 3 nitrogen and oxygen atoms in total. The summed E-state index contributed by atoms with van der Waals surface area (Å²) in [7, 11) is 2.06. The normalized spacial score (nSPS) is 11.6. The molecular weight excluding hydrogens is 272 g/mol. The van der Waals surface area contributed by atoms with Gasteiger partial charge in [0.25, 0.3) is 0 Å². The molecule has 0 atom stereocenters. The molecule has 0 aliphatic heterocycles. The van der Waals surface area contributed by atoms with Crippen molar-refractivity contribution in [3.8, 4) is 5.75 Å². The largest absolute Gasteiger partial charge is 0.488 e. The van der Waals surface area contributed by atoms with E-state index in [2.05, 4.69) is 47.4 Å². The number of nitrogens with one attached hydrogen (secondary N) is 1. The van der Waals surface area contributed by atoms with E-state index in [-0.39, 0.29) is 5.60 Å². The molecule has 22 heavy (non-hydrogen) atoms. The van der Waals surface area contributed by atoms with Crippen LogP contribution in [-0.2, 0) is 7.05 Å². The SMILES string of the molecule is Cn1ccc2cc(Nc3ccc(OC(C)(C)C)cc3)ccc21. The van der Waals surface area contributed by atoms with E-state index >= 15 is 0 Å². The first-order valence-corrected chi connectivity index (χ1v) is 7.52. The van der Waals surface area contributed by atoms with Gasteiger partial charge in [-0.15, -0.1) is 0 Å². The highest BCUT2D eigenvalue weighted by atomic mass is 16.5. The van der Waals surface area contributed by atoms with Crippen LogP contribution in [0.2, 0.25) is 0 Å². The van der Waals surface area contributed by atoms with Gasteiger partial charge in [-0.25, -0.2) is 0 Å². The molecule has 0 bridgehead atoms. The lowest BCUT2D eigenvalue weighted by atomic mass is 10.2. The molecule has 0 saturated carbocycles. The van der Waals surface area contributed by atoms with Crippen LogP contribution in [0.1, 0.15) is 20.8 Å². The van der Waals surface area contributed by atoms with Crippen molar-refractivity contribution in [2.75, 3.05) is 5.32 Å². The van der Waals surface area contributed by atoms with Gasteiger partial charge < -0.3 is 14.6 Å². The summed E-state index contributed by atoms with van der Waals surface area (Å²) in [5.74, 6) is 0.886. The van der Waals surface area contributed by atoms with Gasteiger partial charge in [-0.05, 0) is 69.3 Å². The van der Waals surface area contributed by atoms with E-state index in [4.69, 9.17) is 4.74 Å². The van der Waals surface area contributed by atoms with E-state index in [1.807, 2.05) is 45.0 Å². The summed E-state index contributed by atoms with van der Waals surface area (Å²) < 4.78 is 7.96. The summed E-state index contributed by atoms with van der Waals surface area (Å²) in [6, 6.07) is 16.6. The van der Waals surface area contributed by atoms with E-state index in [1.54, 1.807) is 0 Å². The van der Waals surface area contributed by atoms with Crippen LogP contribution in [0.4, 0.5) is 11.4 Å². The van der Waals surface area contributed by atoms with E-state index in [0.717, 1.165) is 17.1 Å². The number of ether oxygens (including phenoxy) is 1. The van der Waals surface area contributed by atoms with Crippen LogP contribution in [0.15, 0.2) is 54.7 Å². The number of hydrogen-bond donors (Lipinski definition) is 1. The Bertz CT molecular complexity index is 779. The summed E-state index contributed by atoms with van der Waals surface area (Å²) >= 11 is 0. The molecule has 0 amide bonds. The number of nitrogens with zero attached hydrogens (tertiary/aromatic N) is 1. The average Bonchev–Trinajstić information content (AvgIpc) is 2.81. The number of anilines is 2. The minimum Gasteiger partial charge on any atom is -0.488 e. The molecule has 3 heteroatoms. The predicted octanol–water partition coefficient (Wildman–Crippen LogP) is 5.10. The quantitative estimate of drug-likeness (QED) is 0.727. The molecule has 0 spiro atoms. The molecule has 0 fully saturated rings. The Morgan fingerprint density at radius 3 is 2.27 bits per heavy atom. The zero-order valence-corrected chi connectivity index (χ0v) is 13.6. The fraction of sp³-hybridized carbons (Fsp3) is 0.263. The fourth-order valence-electron chi connectivity index (χ4n) is 2.49. The number of rotatable bonds is 3. The van der Waals surface area contributed by atoms with Crippen LogP contribution in [0.25, 0.3) is 10.9 Å². The lowest BCUT2D eigenvalue weighted by Crippen LogP contribution is -2.22. The Hall–Kier alpha value is -2.42. The van der Waals surface area contributed by atoms with Crippen molar-refractivity contribution < 1.29 is 4.74 Å². The average molecular weight is 294 g/mol. The number of aromatic nitrogens is 1. The standard InChI is InChI=1S/C19H22N2O/c1-19(2,3)22-17-8-5-15(6-9-17)20-16-7-10-18-14(13-16)11-12-21(18)4/h5-13,20H,1-4H3.